The van der Waals surface area contributed by atoms with Gasteiger partial charge in [-0.1, -0.05) is 25.1 Å². The third-order valence-electron chi connectivity index (χ3n) is 7.94. The molecule has 1 aliphatic carbocycles. The van der Waals surface area contributed by atoms with Gasteiger partial charge in [0.15, 0.2) is 0 Å². The molecule has 1 aromatic rings. The lowest BCUT2D eigenvalue weighted by molar-refractivity contribution is -0.135. The van der Waals surface area contributed by atoms with Gasteiger partial charge in [-0.25, -0.2) is 4.79 Å². The second-order valence-corrected chi connectivity index (χ2v) is 9.68. The van der Waals surface area contributed by atoms with Gasteiger partial charge in [-0.2, -0.15) is 5.26 Å². The average molecular weight is 418 g/mol. The minimum Gasteiger partial charge on any atom is -0.458 e. The molecule has 31 heavy (non-hydrogen) atoms. The number of aryl methyl sites for hydroxylation is 1. The van der Waals surface area contributed by atoms with Gasteiger partial charge in [-0.05, 0) is 72.9 Å². The second kappa shape index (κ2) is 8.26. The molecule has 5 nitrogen and oxygen atoms in total. The molecular weight excluding hydrogens is 386 g/mol. The summed E-state index contributed by atoms with van der Waals surface area (Å²) >= 11 is 0. The summed E-state index contributed by atoms with van der Waals surface area (Å²) in [5.41, 5.74) is 5.41. The van der Waals surface area contributed by atoms with Crippen molar-refractivity contribution in [1.82, 2.24) is 9.80 Å². The number of nitrogens with zero attached hydrogens (tertiary/aromatic N) is 3. The molecule has 0 saturated carbocycles. The summed E-state index contributed by atoms with van der Waals surface area (Å²) in [6.45, 7) is 10.5. The summed E-state index contributed by atoms with van der Waals surface area (Å²) in [4.78, 5) is 17.1. The van der Waals surface area contributed by atoms with Crippen LogP contribution in [0.3, 0.4) is 0 Å². The van der Waals surface area contributed by atoms with Crippen molar-refractivity contribution < 1.29 is 9.53 Å². The summed E-state index contributed by atoms with van der Waals surface area (Å²) < 4.78 is 5.23. The van der Waals surface area contributed by atoms with E-state index in [0.29, 0.717) is 30.4 Å². The monoisotopic (exact) mass is 417 g/mol. The highest BCUT2D eigenvalue weighted by molar-refractivity contribution is 5.95. The van der Waals surface area contributed by atoms with Crippen molar-refractivity contribution >= 4 is 5.97 Å². The number of ether oxygens (including phenoxy) is 1. The molecule has 3 aliphatic heterocycles. The zero-order chi connectivity index (χ0) is 21.5. The van der Waals surface area contributed by atoms with Crippen LogP contribution in [0, 0.1) is 30.1 Å². The van der Waals surface area contributed by atoms with Crippen molar-refractivity contribution in [3.05, 3.63) is 58.2 Å². The molecule has 4 unspecified atom stereocenters. The number of benzene rings is 1. The number of allylic oxidation sites excluding steroid dienone is 1. The normalized spacial score (nSPS) is 30.8. The molecular formula is C26H31N3O2. The van der Waals surface area contributed by atoms with Crippen molar-refractivity contribution in [1.29, 1.82) is 5.26 Å². The number of esters is 1. The van der Waals surface area contributed by atoms with Crippen molar-refractivity contribution in [2.75, 3.05) is 39.3 Å². The lowest BCUT2D eigenvalue weighted by Crippen LogP contribution is -2.50. The van der Waals surface area contributed by atoms with E-state index in [2.05, 4.69) is 41.9 Å². The molecule has 2 saturated heterocycles. The molecule has 0 aromatic heterocycles. The van der Waals surface area contributed by atoms with Gasteiger partial charge in [0.2, 0.25) is 0 Å². The molecule has 0 radical (unpaired) electrons. The molecule has 4 atom stereocenters. The molecule has 5 rings (SSSR count). The van der Waals surface area contributed by atoms with Crippen molar-refractivity contribution in [2.45, 2.75) is 38.6 Å². The first-order chi connectivity index (χ1) is 15.0. The number of cyclic esters (lactones) is 1. The maximum absolute atomic E-state index is 11.8. The highest BCUT2D eigenvalue weighted by Gasteiger charge is 2.38. The van der Waals surface area contributed by atoms with Crippen LogP contribution in [0.15, 0.2) is 41.5 Å². The standard InChI is InChI=1S/C26H31N3O2/c1-17-11-19(13-27)3-5-23(17)21-12-22-15-28(9-10-29(22)14-21)8-7-20-4-6-24-25(18(20)2)16-31-26(24)30/h3-6,11,18,20-22H,7-10,12,14-16H2,1-2H3. The highest BCUT2D eigenvalue weighted by atomic mass is 16.5. The topological polar surface area (TPSA) is 56.6 Å². The summed E-state index contributed by atoms with van der Waals surface area (Å²) in [5, 5.41) is 9.14. The minimum atomic E-state index is -0.152. The van der Waals surface area contributed by atoms with Gasteiger partial charge >= 0.3 is 5.97 Å². The van der Waals surface area contributed by atoms with Gasteiger partial charge in [0.1, 0.15) is 6.61 Å². The molecule has 162 valence electrons. The van der Waals surface area contributed by atoms with Crippen LogP contribution < -0.4 is 0 Å². The maximum atomic E-state index is 11.8. The number of carbonyl (C=O) groups is 1. The number of piperazine rings is 1. The van der Waals surface area contributed by atoms with Gasteiger partial charge in [-0.3, -0.25) is 4.90 Å². The minimum absolute atomic E-state index is 0.152. The molecule has 0 spiro atoms. The number of hydrogen-bond donors (Lipinski definition) is 0. The van der Waals surface area contributed by atoms with E-state index in [1.54, 1.807) is 0 Å². The van der Waals surface area contributed by atoms with Crippen LogP contribution in [-0.4, -0.2) is 61.1 Å². The van der Waals surface area contributed by atoms with Gasteiger partial charge in [0.05, 0.1) is 17.2 Å². The third kappa shape index (κ3) is 3.84. The Bertz CT molecular complexity index is 989. The fourth-order valence-corrected chi connectivity index (χ4v) is 6.04. The number of rotatable bonds is 4. The Kier molecular flexibility index (Phi) is 5.45. The Labute approximate surface area is 185 Å². The molecule has 0 bridgehead atoms. The smallest absolute Gasteiger partial charge is 0.338 e. The predicted molar refractivity (Wildman–Crippen MR) is 119 cm³/mol. The van der Waals surface area contributed by atoms with Crippen LogP contribution in [0.2, 0.25) is 0 Å². The number of nitriles is 1. The first kappa shape index (κ1) is 20.5. The van der Waals surface area contributed by atoms with Crippen LogP contribution in [0.1, 0.15) is 42.4 Å². The number of fused-ring (bicyclic) bond motifs is 1. The number of carbonyl (C=O) groups excluding carboxylic acids is 1. The van der Waals surface area contributed by atoms with E-state index in [0.717, 1.165) is 50.3 Å². The van der Waals surface area contributed by atoms with E-state index >= 15 is 0 Å². The molecule has 1 aromatic carbocycles. The first-order valence-electron chi connectivity index (χ1n) is 11.6. The Balaban J connectivity index is 1.17. The molecule has 0 N–H and O–H groups in total. The Morgan fingerprint density at radius 2 is 2.13 bits per heavy atom. The number of hydrogen-bond acceptors (Lipinski definition) is 5. The highest BCUT2D eigenvalue weighted by Crippen LogP contribution is 2.37. The molecule has 0 amide bonds. The third-order valence-corrected chi connectivity index (χ3v) is 7.94. The Morgan fingerprint density at radius 3 is 2.94 bits per heavy atom. The summed E-state index contributed by atoms with van der Waals surface area (Å²) in [5.74, 6) is 1.30. The van der Waals surface area contributed by atoms with Gasteiger partial charge < -0.3 is 9.64 Å². The predicted octanol–water partition coefficient (Wildman–Crippen LogP) is 3.41. The van der Waals surface area contributed by atoms with E-state index in [4.69, 9.17) is 10.00 Å². The second-order valence-electron chi connectivity index (χ2n) is 9.68. The SMILES string of the molecule is Cc1cc(C#N)ccc1C1CC2CN(CCC3C=CC4=C(COC4=O)C3C)CCN2C1. The van der Waals surface area contributed by atoms with Gasteiger partial charge in [0.25, 0.3) is 0 Å². The maximum Gasteiger partial charge on any atom is 0.338 e. The lowest BCUT2D eigenvalue weighted by atomic mass is 9.79. The van der Waals surface area contributed by atoms with Gasteiger partial charge in [-0.15, -0.1) is 0 Å². The van der Waals surface area contributed by atoms with E-state index in [1.807, 2.05) is 18.2 Å². The lowest BCUT2D eigenvalue weighted by Gasteiger charge is -2.38. The Morgan fingerprint density at radius 1 is 1.26 bits per heavy atom. The van der Waals surface area contributed by atoms with E-state index in [9.17, 15) is 4.79 Å². The van der Waals surface area contributed by atoms with Crippen LogP contribution in [0.25, 0.3) is 0 Å². The van der Waals surface area contributed by atoms with Crippen molar-refractivity contribution in [3.8, 4) is 6.07 Å². The summed E-state index contributed by atoms with van der Waals surface area (Å²) in [7, 11) is 0. The van der Waals surface area contributed by atoms with Crippen LogP contribution in [0.4, 0.5) is 0 Å². The van der Waals surface area contributed by atoms with Crippen molar-refractivity contribution in [2.24, 2.45) is 11.8 Å². The zero-order valence-corrected chi connectivity index (χ0v) is 18.5. The summed E-state index contributed by atoms with van der Waals surface area (Å²) in [6.07, 6.45) is 6.56. The fourth-order valence-electron chi connectivity index (χ4n) is 6.04. The summed E-state index contributed by atoms with van der Waals surface area (Å²) in [6, 6.07) is 9.05. The average Bonchev–Trinajstić information content (AvgIpc) is 3.36. The van der Waals surface area contributed by atoms with E-state index in [1.165, 1.54) is 23.1 Å². The van der Waals surface area contributed by atoms with Crippen LogP contribution in [-0.2, 0) is 9.53 Å². The molecule has 5 heteroatoms. The van der Waals surface area contributed by atoms with Crippen LogP contribution in [0.5, 0.6) is 0 Å². The van der Waals surface area contributed by atoms with E-state index < -0.39 is 0 Å². The quantitative estimate of drug-likeness (QED) is 0.703. The molecule has 4 aliphatic rings. The zero-order valence-electron chi connectivity index (χ0n) is 18.5. The first-order valence-corrected chi connectivity index (χ1v) is 11.6. The molecule has 3 heterocycles. The Hall–Kier alpha value is -2.42. The van der Waals surface area contributed by atoms with E-state index in [-0.39, 0.29) is 5.97 Å². The van der Waals surface area contributed by atoms with Crippen molar-refractivity contribution in [3.63, 3.8) is 0 Å². The molecule has 2 fully saturated rings. The van der Waals surface area contributed by atoms with Crippen LogP contribution >= 0.6 is 0 Å². The largest absolute Gasteiger partial charge is 0.458 e. The van der Waals surface area contributed by atoms with Gasteiger partial charge in [0, 0.05) is 32.2 Å². The fraction of sp³-hybridized carbons (Fsp3) is 0.538.